The molecule has 1 amide bonds. The van der Waals surface area contributed by atoms with E-state index in [0.717, 1.165) is 43.9 Å². The van der Waals surface area contributed by atoms with Crippen molar-refractivity contribution >= 4 is 5.91 Å². The summed E-state index contributed by atoms with van der Waals surface area (Å²) in [6, 6.07) is 8.44. The first-order valence-electron chi connectivity index (χ1n) is 11.4. The van der Waals surface area contributed by atoms with E-state index in [1.54, 1.807) is 12.4 Å². The third-order valence-corrected chi connectivity index (χ3v) is 7.01. The molecule has 2 aliphatic rings. The fourth-order valence-corrected chi connectivity index (χ4v) is 5.25. The molecule has 5 heterocycles. The number of likely N-dealkylation sites (tertiary alicyclic amines) is 2. The Morgan fingerprint density at radius 3 is 2.31 bits per heavy atom. The Balaban J connectivity index is 1.43. The average molecular weight is 431 g/mol. The molecule has 0 radical (unpaired) electrons. The topological polar surface area (TPSA) is 67.2 Å². The van der Waals surface area contributed by atoms with Crippen molar-refractivity contribution in [1.82, 2.24) is 29.3 Å². The number of rotatable bonds is 6. The highest BCUT2D eigenvalue weighted by molar-refractivity contribution is 5.86. The third kappa shape index (κ3) is 3.81. The summed E-state index contributed by atoms with van der Waals surface area (Å²) in [5.41, 5.74) is 2.96. The predicted molar refractivity (Wildman–Crippen MR) is 122 cm³/mol. The van der Waals surface area contributed by atoms with Gasteiger partial charge in [0.15, 0.2) is 0 Å². The first kappa shape index (κ1) is 20.8. The van der Waals surface area contributed by atoms with Crippen molar-refractivity contribution in [3.63, 3.8) is 0 Å². The molecular weight excluding hydrogens is 400 g/mol. The number of hydrogen-bond acceptors (Lipinski definition) is 5. The number of amides is 1. The lowest BCUT2D eigenvalue weighted by Crippen LogP contribution is -2.39. The molecule has 3 aromatic rings. The molecule has 166 valence electrons. The van der Waals surface area contributed by atoms with Gasteiger partial charge in [-0.25, -0.2) is 4.98 Å². The second kappa shape index (κ2) is 8.47. The molecule has 2 aliphatic heterocycles. The zero-order valence-electron chi connectivity index (χ0n) is 18.8. The number of imidazole rings is 1. The van der Waals surface area contributed by atoms with Crippen LogP contribution in [0.3, 0.4) is 0 Å². The van der Waals surface area contributed by atoms with Crippen molar-refractivity contribution in [3.8, 4) is 0 Å². The van der Waals surface area contributed by atoms with Crippen molar-refractivity contribution < 1.29 is 4.79 Å². The summed E-state index contributed by atoms with van der Waals surface area (Å²) in [4.78, 5) is 31.4. The lowest BCUT2D eigenvalue weighted by atomic mass is 9.75. The van der Waals surface area contributed by atoms with Gasteiger partial charge in [-0.15, -0.1) is 0 Å². The van der Waals surface area contributed by atoms with Crippen LogP contribution in [0.15, 0.2) is 61.6 Å². The molecule has 0 N–H and O–H groups in total. The highest BCUT2D eigenvalue weighted by atomic mass is 16.2. The first-order valence-corrected chi connectivity index (χ1v) is 11.4. The lowest BCUT2D eigenvalue weighted by Gasteiger charge is -2.28. The molecule has 0 aliphatic carbocycles. The van der Waals surface area contributed by atoms with E-state index in [2.05, 4.69) is 51.6 Å². The zero-order chi connectivity index (χ0) is 22.1. The Kier molecular flexibility index (Phi) is 5.51. The van der Waals surface area contributed by atoms with Gasteiger partial charge in [0.2, 0.25) is 5.91 Å². The van der Waals surface area contributed by atoms with Crippen molar-refractivity contribution in [2.24, 2.45) is 5.41 Å². The maximum Gasteiger partial charge on any atom is 0.231 e. The van der Waals surface area contributed by atoms with E-state index in [4.69, 9.17) is 4.98 Å². The number of aromatic nitrogens is 4. The summed E-state index contributed by atoms with van der Waals surface area (Å²) in [5, 5.41) is 0. The standard InChI is InChI=1S/C25H30N6O/c1-19(2)31-16-23(28-18-31)22-15-29(13-20-3-8-26-9-4-20)17-25(22)7-12-30(24(25)32)14-21-5-10-27-11-6-21/h3-6,8-11,16,18-19,22H,7,12-15,17H2,1-2H3/t22-,25+/m0/s1. The Morgan fingerprint density at radius 2 is 1.69 bits per heavy atom. The van der Waals surface area contributed by atoms with Gasteiger partial charge < -0.3 is 9.47 Å². The van der Waals surface area contributed by atoms with E-state index in [0.29, 0.717) is 12.6 Å². The number of carbonyl (C=O) groups excluding carboxylic acids is 1. The smallest absolute Gasteiger partial charge is 0.231 e. The van der Waals surface area contributed by atoms with Gasteiger partial charge in [0, 0.05) is 75.7 Å². The molecule has 2 fully saturated rings. The number of hydrogen-bond donors (Lipinski definition) is 0. The van der Waals surface area contributed by atoms with Gasteiger partial charge in [0.05, 0.1) is 17.4 Å². The van der Waals surface area contributed by atoms with Crippen LogP contribution in [0.2, 0.25) is 0 Å². The summed E-state index contributed by atoms with van der Waals surface area (Å²) >= 11 is 0. The molecule has 32 heavy (non-hydrogen) atoms. The summed E-state index contributed by atoms with van der Waals surface area (Å²) in [6.07, 6.45) is 12.2. The second-order valence-corrected chi connectivity index (χ2v) is 9.41. The van der Waals surface area contributed by atoms with Crippen LogP contribution in [0.25, 0.3) is 0 Å². The maximum absolute atomic E-state index is 13.9. The largest absolute Gasteiger partial charge is 0.338 e. The Hall–Kier alpha value is -3.06. The van der Waals surface area contributed by atoms with Gasteiger partial charge in [-0.3, -0.25) is 19.7 Å². The average Bonchev–Trinajstić information content (AvgIpc) is 3.50. The second-order valence-electron chi connectivity index (χ2n) is 9.41. The van der Waals surface area contributed by atoms with E-state index in [9.17, 15) is 4.79 Å². The van der Waals surface area contributed by atoms with E-state index in [1.165, 1.54) is 5.56 Å². The molecule has 1 spiro atoms. The van der Waals surface area contributed by atoms with E-state index < -0.39 is 5.41 Å². The minimum absolute atomic E-state index is 0.0966. The van der Waals surface area contributed by atoms with Gasteiger partial charge >= 0.3 is 0 Å². The van der Waals surface area contributed by atoms with Crippen LogP contribution >= 0.6 is 0 Å². The zero-order valence-corrected chi connectivity index (χ0v) is 18.8. The van der Waals surface area contributed by atoms with Gasteiger partial charge in [-0.05, 0) is 55.7 Å². The molecule has 2 atom stereocenters. The minimum atomic E-state index is -0.420. The minimum Gasteiger partial charge on any atom is -0.338 e. The maximum atomic E-state index is 13.9. The van der Waals surface area contributed by atoms with E-state index >= 15 is 0 Å². The molecule has 5 rings (SSSR count). The van der Waals surface area contributed by atoms with Gasteiger partial charge in [-0.1, -0.05) is 0 Å². The third-order valence-electron chi connectivity index (χ3n) is 7.01. The molecular formula is C25H30N6O. The van der Waals surface area contributed by atoms with Crippen LogP contribution in [0.1, 0.15) is 49.0 Å². The Morgan fingerprint density at radius 1 is 1.03 bits per heavy atom. The van der Waals surface area contributed by atoms with Crippen molar-refractivity contribution in [2.45, 2.75) is 45.3 Å². The van der Waals surface area contributed by atoms with E-state index in [-0.39, 0.29) is 11.8 Å². The molecule has 7 heteroatoms. The number of nitrogens with zero attached hydrogens (tertiary/aromatic N) is 6. The van der Waals surface area contributed by atoms with Crippen LogP contribution in [0.4, 0.5) is 0 Å². The van der Waals surface area contributed by atoms with Crippen LogP contribution < -0.4 is 0 Å². The summed E-state index contributed by atoms with van der Waals surface area (Å²) < 4.78 is 2.14. The number of pyridine rings is 2. The first-order chi connectivity index (χ1) is 15.5. The van der Waals surface area contributed by atoms with E-state index in [1.807, 2.05) is 35.8 Å². The molecule has 0 bridgehead atoms. The normalized spacial score (nSPS) is 23.7. The van der Waals surface area contributed by atoms with Gasteiger partial charge in [0.25, 0.3) is 0 Å². The van der Waals surface area contributed by atoms with Crippen LogP contribution in [0.5, 0.6) is 0 Å². The van der Waals surface area contributed by atoms with Gasteiger partial charge in [0.1, 0.15) is 0 Å². The van der Waals surface area contributed by atoms with Crippen molar-refractivity contribution in [3.05, 3.63) is 78.4 Å². The molecule has 7 nitrogen and oxygen atoms in total. The molecule has 0 saturated carbocycles. The Labute approximate surface area is 189 Å². The molecule has 2 saturated heterocycles. The molecule has 0 unspecified atom stereocenters. The fraction of sp³-hybridized carbons (Fsp3) is 0.440. The quantitative estimate of drug-likeness (QED) is 0.600. The van der Waals surface area contributed by atoms with Crippen LogP contribution in [-0.2, 0) is 17.9 Å². The lowest BCUT2D eigenvalue weighted by molar-refractivity contribution is -0.136. The van der Waals surface area contributed by atoms with Crippen molar-refractivity contribution in [2.75, 3.05) is 19.6 Å². The molecule has 0 aromatic carbocycles. The predicted octanol–water partition coefficient (Wildman–Crippen LogP) is 3.27. The monoisotopic (exact) mass is 430 g/mol. The number of carbonyl (C=O) groups is 1. The Bertz CT molecular complexity index is 1070. The highest BCUT2D eigenvalue weighted by Gasteiger charge is 2.57. The van der Waals surface area contributed by atoms with Crippen molar-refractivity contribution in [1.29, 1.82) is 0 Å². The summed E-state index contributed by atoms with van der Waals surface area (Å²) in [6.45, 7) is 8.16. The fourth-order valence-electron chi connectivity index (χ4n) is 5.25. The van der Waals surface area contributed by atoms with Crippen LogP contribution in [0, 0.1) is 5.41 Å². The SMILES string of the molecule is CC(C)n1cnc([C@@H]2CN(Cc3ccncc3)C[C@]23CCN(Cc2ccncc2)C3=O)c1. The van der Waals surface area contributed by atoms with Crippen LogP contribution in [-0.4, -0.2) is 54.9 Å². The van der Waals surface area contributed by atoms with Gasteiger partial charge in [-0.2, -0.15) is 0 Å². The highest BCUT2D eigenvalue weighted by Crippen LogP contribution is 2.50. The summed E-state index contributed by atoms with van der Waals surface area (Å²) in [5.74, 6) is 0.356. The molecule has 3 aromatic heterocycles. The summed E-state index contributed by atoms with van der Waals surface area (Å²) in [7, 11) is 0.